The Morgan fingerprint density at radius 1 is 1.20 bits per heavy atom. The van der Waals surface area contributed by atoms with Gasteiger partial charge in [0.05, 0.1) is 25.2 Å². The number of fused-ring (bicyclic) bond motifs is 1. The number of nitrogens with zero attached hydrogens (tertiary/aromatic N) is 1. The average molecular weight is 416 g/mol. The van der Waals surface area contributed by atoms with Crippen LogP contribution in [0.25, 0.3) is 0 Å². The maximum atomic E-state index is 12.5. The molecule has 2 aromatic rings. The van der Waals surface area contributed by atoms with E-state index in [9.17, 15) is 14.9 Å². The highest BCUT2D eigenvalue weighted by atomic mass is 16.6. The van der Waals surface area contributed by atoms with Gasteiger partial charge < -0.3 is 24.3 Å². The molecule has 0 bridgehead atoms. The first kappa shape index (κ1) is 21.2. The molecule has 9 heteroatoms. The average Bonchev–Trinajstić information content (AvgIpc) is 2.70. The molecule has 0 spiro atoms. The summed E-state index contributed by atoms with van der Waals surface area (Å²) in [6.07, 6.45) is 0.574. The molecule has 1 heterocycles. The monoisotopic (exact) mass is 416 g/mol. The molecule has 0 fully saturated rings. The summed E-state index contributed by atoms with van der Waals surface area (Å²) >= 11 is 0. The van der Waals surface area contributed by atoms with Crippen molar-refractivity contribution in [3.63, 3.8) is 0 Å². The van der Waals surface area contributed by atoms with E-state index in [1.165, 1.54) is 25.3 Å². The Balaban J connectivity index is 1.70. The quantitative estimate of drug-likeness (QED) is 0.544. The molecule has 0 aliphatic carbocycles. The van der Waals surface area contributed by atoms with Gasteiger partial charge in [-0.05, 0) is 38.1 Å². The standard InChI is InChI=1S/C21H24N2O7/c1-21(2)11-16(15-9-13(27-3)6-8-18(15)30-21)22-20(24)12-29-14-5-7-17(23(25)26)19(10-14)28-4/h5-10,16H,11-12H2,1-4H3,(H,22,24)/t16-/m1/s1. The molecule has 1 aliphatic rings. The van der Waals surface area contributed by atoms with Gasteiger partial charge in [-0.15, -0.1) is 0 Å². The Hall–Kier alpha value is -3.49. The molecular weight excluding hydrogens is 392 g/mol. The number of benzene rings is 2. The van der Waals surface area contributed by atoms with Crippen LogP contribution in [0.2, 0.25) is 0 Å². The van der Waals surface area contributed by atoms with Gasteiger partial charge in [0.25, 0.3) is 5.91 Å². The summed E-state index contributed by atoms with van der Waals surface area (Å²) in [5.41, 5.74) is 0.204. The van der Waals surface area contributed by atoms with Crippen molar-refractivity contribution in [2.75, 3.05) is 20.8 Å². The van der Waals surface area contributed by atoms with Gasteiger partial charge in [-0.25, -0.2) is 0 Å². The first-order valence-electron chi connectivity index (χ1n) is 9.34. The number of hydrogen-bond donors (Lipinski definition) is 1. The SMILES string of the molecule is COc1ccc2c(c1)[C@H](NC(=O)COc1ccc([N+](=O)[O-])c(OC)c1)CC(C)(C)O2. The Kier molecular flexibility index (Phi) is 6.00. The summed E-state index contributed by atoms with van der Waals surface area (Å²) in [5, 5.41) is 14.0. The maximum Gasteiger partial charge on any atom is 0.311 e. The summed E-state index contributed by atoms with van der Waals surface area (Å²) < 4.78 is 21.8. The third-order valence-electron chi connectivity index (χ3n) is 4.73. The van der Waals surface area contributed by atoms with E-state index in [2.05, 4.69) is 5.32 Å². The molecule has 3 rings (SSSR count). The fourth-order valence-corrected chi connectivity index (χ4v) is 3.37. The molecule has 30 heavy (non-hydrogen) atoms. The lowest BCUT2D eigenvalue weighted by molar-refractivity contribution is -0.385. The topological polar surface area (TPSA) is 109 Å². The molecule has 1 aliphatic heterocycles. The minimum Gasteiger partial charge on any atom is -0.497 e. The van der Waals surface area contributed by atoms with E-state index in [1.54, 1.807) is 7.11 Å². The first-order valence-corrected chi connectivity index (χ1v) is 9.34. The smallest absolute Gasteiger partial charge is 0.311 e. The third kappa shape index (κ3) is 4.73. The normalized spacial score (nSPS) is 16.6. The fourth-order valence-electron chi connectivity index (χ4n) is 3.37. The second-order valence-electron chi connectivity index (χ2n) is 7.47. The zero-order valence-corrected chi connectivity index (χ0v) is 17.3. The fraction of sp³-hybridized carbons (Fsp3) is 0.381. The van der Waals surface area contributed by atoms with Crippen molar-refractivity contribution in [3.05, 3.63) is 52.1 Å². The van der Waals surface area contributed by atoms with Crippen molar-refractivity contribution >= 4 is 11.6 Å². The van der Waals surface area contributed by atoms with Gasteiger partial charge in [-0.3, -0.25) is 14.9 Å². The van der Waals surface area contributed by atoms with Gasteiger partial charge in [0.15, 0.2) is 6.61 Å². The molecule has 1 atom stereocenters. The summed E-state index contributed by atoms with van der Waals surface area (Å²) in [7, 11) is 2.91. The first-order chi connectivity index (χ1) is 14.2. The van der Waals surface area contributed by atoms with Crippen LogP contribution in [0, 0.1) is 10.1 Å². The molecule has 0 radical (unpaired) electrons. The summed E-state index contributed by atoms with van der Waals surface area (Å²) in [4.78, 5) is 23.0. The van der Waals surface area contributed by atoms with Crippen LogP contribution in [0.1, 0.15) is 31.9 Å². The maximum absolute atomic E-state index is 12.5. The number of hydrogen-bond acceptors (Lipinski definition) is 7. The number of ether oxygens (including phenoxy) is 4. The van der Waals surface area contributed by atoms with Gasteiger partial charge in [-0.2, -0.15) is 0 Å². The number of rotatable bonds is 7. The molecule has 160 valence electrons. The minimum atomic E-state index is -0.548. The van der Waals surface area contributed by atoms with Crippen molar-refractivity contribution < 1.29 is 28.7 Å². The second kappa shape index (κ2) is 8.48. The van der Waals surface area contributed by atoms with Crippen molar-refractivity contribution in [3.8, 4) is 23.0 Å². The summed E-state index contributed by atoms with van der Waals surface area (Å²) in [6.45, 7) is 3.66. The van der Waals surface area contributed by atoms with Crippen molar-refractivity contribution in [1.29, 1.82) is 0 Å². The van der Waals surface area contributed by atoms with Crippen LogP contribution < -0.4 is 24.3 Å². The van der Waals surface area contributed by atoms with Crippen molar-refractivity contribution in [2.24, 2.45) is 0 Å². The molecule has 1 N–H and O–H groups in total. The number of nitrogens with one attached hydrogen (secondary N) is 1. The van der Waals surface area contributed by atoms with Crippen LogP contribution in [-0.2, 0) is 4.79 Å². The lowest BCUT2D eigenvalue weighted by Crippen LogP contribution is -2.42. The minimum absolute atomic E-state index is 0.0603. The largest absolute Gasteiger partial charge is 0.497 e. The lowest BCUT2D eigenvalue weighted by Gasteiger charge is -2.38. The lowest BCUT2D eigenvalue weighted by atomic mass is 9.89. The Morgan fingerprint density at radius 3 is 2.60 bits per heavy atom. The number of methoxy groups -OCH3 is 2. The van der Waals surface area contributed by atoms with Gasteiger partial charge in [0.1, 0.15) is 22.8 Å². The van der Waals surface area contributed by atoms with E-state index in [0.717, 1.165) is 5.56 Å². The van der Waals surface area contributed by atoms with Crippen LogP contribution in [0.3, 0.4) is 0 Å². The highest BCUT2D eigenvalue weighted by molar-refractivity contribution is 5.78. The molecule has 0 saturated carbocycles. The molecule has 0 unspecified atom stereocenters. The number of carbonyl (C=O) groups excluding carboxylic acids is 1. The predicted molar refractivity (Wildman–Crippen MR) is 108 cm³/mol. The Bertz CT molecular complexity index is 958. The number of nitro groups is 1. The van der Waals surface area contributed by atoms with Crippen LogP contribution in [0.15, 0.2) is 36.4 Å². The number of carbonyl (C=O) groups is 1. The number of nitro benzene ring substituents is 1. The zero-order valence-electron chi connectivity index (χ0n) is 17.3. The second-order valence-corrected chi connectivity index (χ2v) is 7.47. The molecule has 2 aromatic carbocycles. The molecule has 1 amide bonds. The van der Waals surface area contributed by atoms with E-state index in [1.807, 2.05) is 32.0 Å². The van der Waals surface area contributed by atoms with Crippen LogP contribution in [0.4, 0.5) is 5.69 Å². The Morgan fingerprint density at radius 2 is 1.93 bits per heavy atom. The van der Waals surface area contributed by atoms with E-state index in [-0.39, 0.29) is 30.0 Å². The molecular formula is C21H24N2O7. The zero-order chi connectivity index (χ0) is 21.9. The van der Waals surface area contributed by atoms with Crippen molar-refractivity contribution in [1.82, 2.24) is 5.32 Å². The molecule has 0 aromatic heterocycles. The summed E-state index contributed by atoms with van der Waals surface area (Å²) in [6, 6.07) is 9.28. The van der Waals surface area contributed by atoms with Crippen molar-refractivity contribution in [2.45, 2.75) is 31.9 Å². The van der Waals surface area contributed by atoms with E-state index in [4.69, 9.17) is 18.9 Å². The van der Waals surface area contributed by atoms with Gasteiger partial charge in [0, 0.05) is 24.1 Å². The third-order valence-corrected chi connectivity index (χ3v) is 4.73. The highest BCUT2D eigenvalue weighted by Gasteiger charge is 2.35. The Labute approximate surface area is 174 Å². The summed E-state index contributed by atoms with van der Waals surface area (Å²) in [5.74, 6) is 1.39. The van der Waals surface area contributed by atoms with E-state index < -0.39 is 10.5 Å². The molecule has 0 saturated heterocycles. The molecule has 9 nitrogen and oxygen atoms in total. The van der Waals surface area contributed by atoms with Gasteiger partial charge in [0.2, 0.25) is 5.75 Å². The van der Waals surface area contributed by atoms with Gasteiger partial charge in [-0.1, -0.05) is 0 Å². The van der Waals surface area contributed by atoms with Crippen LogP contribution in [-0.4, -0.2) is 37.3 Å². The van der Waals surface area contributed by atoms with E-state index >= 15 is 0 Å². The van der Waals surface area contributed by atoms with Crippen LogP contribution >= 0.6 is 0 Å². The van der Waals surface area contributed by atoms with Gasteiger partial charge >= 0.3 is 5.69 Å². The van der Waals surface area contributed by atoms with Crippen LogP contribution in [0.5, 0.6) is 23.0 Å². The predicted octanol–water partition coefficient (Wildman–Crippen LogP) is 3.41. The number of amides is 1. The van der Waals surface area contributed by atoms with E-state index in [0.29, 0.717) is 23.7 Å². The highest BCUT2D eigenvalue weighted by Crippen LogP contribution is 2.41.